The maximum absolute atomic E-state index is 11.7. The maximum Gasteiger partial charge on any atom is 0.337 e. The van der Waals surface area contributed by atoms with Crippen LogP contribution in [0.15, 0.2) is 54.7 Å². The molecule has 0 fully saturated rings. The molecule has 2 aromatic heterocycles. The van der Waals surface area contributed by atoms with Gasteiger partial charge in [-0.3, -0.25) is 4.98 Å². The maximum atomic E-state index is 11.7. The van der Waals surface area contributed by atoms with Crippen molar-refractivity contribution >= 4 is 27.9 Å². The number of para-hydroxylation sites is 1. The van der Waals surface area contributed by atoms with Crippen LogP contribution in [0.4, 0.5) is 0 Å². The summed E-state index contributed by atoms with van der Waals surface area (Å²) in [6.45, 7) is 2.85. The van der Waals surface area contributed by atoms with Gasteiger partial charge in [0, 0.05) is 18.4 Å². The number of fused-ring (bicyclic) bond motifs is 3. The van der Waals surface area contributed by atoms with E-state index >= 15 is 0 Å². The van der Waals surface area contributed by atoms with Crippen molar-refractivity contribution in [1.82, 2.24) is 14.5 Å². The van der Waals surface area contributed by atoms with Crippen LogP contribution in [0.25, 0.3) is 21.9 Å². The average Bonchev–Trinajstić information content (AvgIpc) is 3.06. The zero-order valence-electron chi connectivity index (χ0n) is 15.5. The first-order chi connectivity index (χ1) is 13.2. The Balaban J connectivity index is 1.82. The number of pyridine rings is 1. The van der Waals surface area contributed by atoms with Crippen molar-refractivity contribution in [3.05, 3.63) is 71.7 Å². The number of nitrogens with zero attached hydrogens (tertiary/aromatic N) is 3. The lowest BCUT2D eigenvalue weighted by atomic mass is 10.1. The van der Waals surface area contributed by atoms with Gasteiger partial charge in [-0.25, -0.2) is 9.78 Å². The number of hydrogen-bond donors (Lipinski definition) is 0. The second-order valence-electron chi connectivity index (χ2n) is 6.56. The van der Waals surface area contributed by atoms with Crippen LogP contribution in [-0.2, 0) is 17.7 Å². The molecule has 0 N–H and O–H groups in total. The normalized spacial score (nSPS) is 11.2. The van der Waals surface area contributed by atoms with Gasteiger partial charge in [-0.2, -0.15) is 0 Å². The number of aromatic nitrogens is 3. The largest absolute Gasteiger partial charge is 0.465 e. The first-order valence-corrected chi connectivity index (χ1v) is 9.11. The lowest BCUT2D eigenvalue weighted by molar-refractivity contribution is 0.0600. The molecule has 0 amide bonds. The van der Waals surface area contributed by atoms with Crippen molar-refractivity contribution in [2.45, 2.75) is 26.3 Å². The lowest BCUT2D eigenvalue weighted by Gasteiger charge is -2.11. The number of imidazole rings is 1. The van der Waals surface area contributed by atoms with Gasteiger partial charge >= 0.3 is 5.97 Å². The highest BCUT2D eigenvalue weighted by Gasteiger charge is 2.14. The first-order valence-electron chi connectivity index (χ1n) is 9.11. The molecule has 4 aromatic rings. The molecular weight excluding hydrogens is 338 g/mol. The molecule has 0 saturated carbocycles. The fourth-order valence-corrected chi connectivity index (χ4v) is 3.44. The standard InChI is InChI=1S/C22H21N3O2/c1-3-6-20-24-19-13-23-18-8-5-4-7-17(18)21(19)25(20)14-15-9-11-16(12-10-15)22(26)27-2/h4-5,7-13H,3,6,14H2,1-2H3. The van der Waals surface area contributed by atoms with Gasteiger partial charge in [-0.15, -0.1) is 0 Å². The second-order valence-corrected chi connectivity index (χ2v) is 6.56. The third kappa shape index (κ3) is 3.16. The average molecular weight is 359 g/mol. The Hall–Kier alpha value is -3.21. The van der Waals surface area contributed by atoms with E-state index in [-0.39, 0.29) is 5.97 Å². The van der Waals surface area contributed by atoms with Gasteiger partial charge in [0.05, 0.1) is 29.9 Å². The van der Waals surface area contributed by atoms with Gasteiger partial charge < -0.3 is 9.30 Å². The number of hydrogen-bond acceptors (Lipinski definition) is 4. The lowest BCUT2D eigenvalue weighted by Crippen LogP contribution is -2.06. The number of rotatable bonds is 5. The van der Waals surface area contributed by atoms with Crippen molar-refractivity contribution in [2.24, 2.45) is 0 Å². The Labute approximate surface area is 157 Å². The minimum atomic E-state index is -0.321. The van der Waals surface area contributed by atoms with Crippen molar-refractivity contribution in [2.75, 3.05) is 7.11 Å². The van der Waals surface area contributed by atoms with Crippen molar-refractivity contribution in [1.29, 1.82) is 0 Å². The van der Waals surface area contributed by atoms with E-state index in [2.05, 4.69) is 22.5 Å². The van der Waals surface area contributed by atoms with E-state index in [0.717, 1.165) is 46.2 Å². The van der Waals surface area contributed by atoms with Crippen molar-refractivity contribution < 1.29 is 9.53 Å². The summed E-state index contributed by atoms with van der Waals surface area (Å²) >= 11 is 0. The van der Waals surface area contributed by atoms with E-state index in [1.54, 1.807) is 12.1 Å². The summed E-state index contributed by atoms with van der Waals surface area (Å²) in [5.41, 5.74) is 4.67. The summed E-state index contributed by atoms with van der Waals surface area (Å²) in [7, 11) is 1.39. The zero-order chi connectivity index (χ0) is 18.8. The van der Waals surface area contributed by atoms with Gasteiger partial charge in [0.2, 0.25) is 0 Å². The van der Waals surface area contributed by atoms with E-state index in [0.29, 0.717) is 12.1 Å². The van der Waals surface area contributed by atoms with Gasteiger partial charge in [0.25, 0.3) is 0 Å². The molecule has 0 atom stereocenters. The van der Waals surface area contributed by atoms with Gasteiger partial charge in [0.1, 0.15) is 11.3 Å². The van der Waals surface area contributed by atoms with E-state index in [1.807, 2.05) is 36.5 Å². The SMILES string of the molecule is CCCc1nc2cnc3ccccc3c2n1Cc1ccc(C(=O)OC)cc1. The molecule has 136 valence electrons. The molecule has 2 heterocycles. The summed E-state index contributed by atoms with van der Waals surface area (Å²) in [5.74, 6) is 0.737. The third-order valence-corrected chi connectivity index (χ3v) is 4.75. The summed E-state index contributed by atoms with van der Waals surface area (Å²) in [6.07, 6.45) is 3.78. The minimum Gasteiger partial charge on any atom is -0.465 e. The quantitative estimate of drug-likeness (QED) is 0.497. The molecule has 5 heteroatoms. The molecular formula is C22H21N3O2. The van der Waals surface area contributed by atoms with E-state index in [9.17, 15) is 4.79 Å². The van der Waals surface area contributed by atoms with Gasteiger partial charge in [-0.1, -0.05) is 37.3 Å². The number of benzene rings is 2. The number of carbonyl (C=O) groups excluding carboxylic acids is 1. The van der Waals surface area contributed by atoms with Crippen molar-refractivity contribution in [3.63, 3.8) is 0 Å². The van der Waals surface area contributed by atoms with Crippen LogP contribution in [0.1, 0.15) is 35.1 Å². The fraction of sp³-hybridized carbons (Fsp3) is 0.227. The second kappa shape index (κ2) is 7.19. The molecule has 0 aliphatic carbocycles. The van der Waals surface area contributed by atoms with Gasteiger partial charge in [0.15, 0.2) is 0 Å². The van der Waals surface area contributed by atoms with Crippen molar-refractivity contribution in [3.8, 4) is 0 Å². The molecule has 0 aliphatic heterocycles. The Bertz CT molecular complexity index is 1110. The monoisotopic (exact) mass is 359 g/mol. The summed E-state index contributed by atoms with van der Waals surface area (Å²) in [6, 6.07) is 15.7. The van der Waals surface area contributed by atoms with Crippen LogP contribution < -0.4 is 0 Å². The van der Waals surface area contributed by atoms with E-state index in [4.69, 9.17) is 9.72 Å². The van der Waals surface area contributed by atoms with Crippen LogP contribution in [0.3, 0.4) is 0 Å². The molecule has 0 radical (unpaired) electrons. The molecule has 27 heavy (non-hydrogen) atoms. The summed E-state index contributed by atoms with van der Waals surface area (Å²) in [4.78, 5) is 21.0. The Morgan fingerprint density at radius 3 is 2.59 bits per heavy atom. The highest BCUT2D eigenvalue weighted by molar-refractivity contribution is 6.02. The number of ether oxygens (including phenoxy) is 1. The van der Waals surface area contributed by atoms with Gasteiger partial charge in [-0.05, 0) is 30.2 Å². The zero-order valence-corrected chi connectivity index (χ0v) is 15.5. The minimum absolute atomic E-state index is 0.321. The Kier molecular flexibility index (Phi) is 4.59. The predicted octanol–water partition coefficient (Wildman–Crippen LogP) is 4.37. The van der Waals surface area contributed by atoms with E-state index in [1.165, 1.54) is 7.11 Å². The summed E-state index contributed by atoms with van der Waals surface area (Å²) in [5, 5.41) is 1.11. The number of carbonyl (C=O) groups is 1. The van der Waals surface area contributed by atoms with Crippen LogP contribution in [-0.4, -0.2) is 27.6 Å². The molecule has 0 aliphatic rings. The predicted molar refractivity (Wildman–Crippen MR) is 106 cm³/mol. The fourth-order valence-electron chi connectivity index (χ4n) is 3.44. The molecule has 0 unspecified atom stereocenters. The molecule has 5 nitrogen and oxygen atoms in total. The first kappa shape index (κ1) is 17.2. The molecule has 0 spiro atoms. The molecule has 2 aromatic carbocycles. The number of esters is 1. The number of aryl methyl sites for hydroxylation is 1. The molecule has 4 rings (SSSR count). The van der Waals surface area contributed by atoms with E-state index < -0.39 is 0 Å². The van der Waals surface area contributed by atoms with Crippen LogP contribution in [0.5, 0.6) is 0 Å². The molecule has 0 bridgehead atoms. The third-order valence-electron chi connectivity index (χ3n) is 4.75. The summed E-state index contributed by atoms with van der Waals surface area (Å²) < 4.78 is 7.05. The highest BCUT2D eigenvalue weighted by atomic mass is 16.5. The van der Waals surface area contributed by atoms with Crippen LogP contribution >= 0.6 is 0 Å². The highest BCUT2D eigenvalue weighted by Crippen LogP contribution is 2.26. The topological polar surface area (TPSA) is 57.0 Å². The van der Waals surface area contributed by atoms with Crippen LogP contribution in [0.2, 0.25) is 0 Å². The smallest absolute Gasteiger partial charge is 0.337 e. The van der Waals surface area contributed by atoms with Crippen LogP contribution in [0, 0.1) is 0 Å². The Morgan fingerprint density at radius 1 is 1.07 bits per heavy atom. The Morgan fingerprint density at radius 2 is 1.85 bits per heavy atom. The number of methoxy groups -OCH3 is 1. The molecule has 0 saturated heterocycles.